The van der Waals surface area contributed by atoms with Crippen LogP contribution in [0.5, 0.6) is 0 Å². The molecule has 2 bridgehead atoms. The molecule has 29 heavy (non-hydrogen) atoms. The summed E-state index contributed by atoms with van der Waals surface area (Å²) in [5.74, 6) is -0.784. The standard InChI is InChI=1S/C23H26N2O4/c1-22(27-2)19-10-11-24-14-20(19)23(29-22)12-17-8-9-18(13-23)25(17)21(26)28-15-16-6-4-3-5-7-16/h3-7,10-11,14,17-18H,8-9,12-13,15H2,1-2H3. The van der Waals surface area contributed by atoms with E-state index in [0.717, 1.165) is 42.4 Å². The third-order valence-electron chi connectivity index (χ3n) is 6.75. The summed E-state index contributed by atoms with van der Waals surface area (Å²) >= 11 is 0. The van der Waals surface area contributed by atoms with Crippen molar-refractivity contribution >= 4 is 6.09 Å². The number of ether oxygens (including phenoxy) is 3. The van der Waals surface area contributed by atoms with Crippen LogP contribution in [-0.4, -0.2) is 35.2 Å². The Morgan fingerprint density at radius 2 is 1.90 bits per heavy atom. The summed E-state index contributed by atoms with van der Waals surface area (Å²) in [7, 11) is 1.67. The third kappa shape index (κ3) is 2.93. The van der Waals surface area contributed by atoms with E-state index in [1.165, 1.54) is 0 Å². The first-order valence-corrected chi connectivity index (χ1v) is 10.2. The lowest BCUT2D eigenvalue weighted by atomic mass is 9.80. The number of aromatic nitrogens is 1. The van der Waals surface area contributed by atoms with Gasteiger partial charge in [0.05, 0.1) is 0 Å². The molecule has 3 aliphatic rings. The molecule has 0 radical (unpaired) electrons. The first-order chi connectivity index (χ1) is 14.0. The summed E-state index contributed by atoms with van der Waals surface area (Å²) in [4.78, 5) is 19.2. The Morgan fingerprint density at radius 1 is 1.17 bits per heavy atom. The van der Waals surface area contributed by atoms with E-state index in [1.54, 1.807) is 13.3 Å². The highest BCUT2D eigenvalue weighted by Crippen LogP contribution is 2.56. The topological polar surface area (TPSA) is 60.9 Å². The smallest absolute Gasteiger partial charge is 0.410 e. The molecule has 6 heteroatoms. The van der Waals surface area contributed by atoms with E-state index in [9.17, 15) is 4.79 Å². The molecule has 1 aromatic carbocycles. The van der Waals surface area contributed by atoms with E-state index in [4.69, 9.17) is 14.2 Å². The van der Waals surface area contributed by atoms with Crippen molar-refractivity contribution in [1.29, 1.82) is 0 Å². The molecule has 1 aromatic heterocycles. The highest BCUT2D eigenvalue weighted by molar-refractivity contribution is 5.69. The van der Waals surface area contributed by atoms with E-state index < -0.39 is 11.4 Å². The van der Waals surface area contributed by atoms with Crippen molar-refractivity contribution in [2.75, 3.05) is 7.11 Å². The van der Waals surface area contributed by atoms with E-state index in [0.29, 0.717) is 6.61 Å². The molecule has 3 unspecified atom stereocenters. The monoisotopic (exact) mass is 394 g/mol. The molecule has 3 aliphatic heterocycles. The molecule has 3 atom stereocenters. The second kappa shape index (κ2) is 6.82. The molecular weight excluding hydrogens is 368 g/mol. The predicted molar refractivity (Wildman–Crippen MR) is 106 cm³/mol. The number of carbonyl (C=O) groups excluding carboxylic acids is 1. The number of amides is 1. The molecular formula is C23H26N2O4. The maximum Gasteiger partial charge on any atom is 0.410 e. The van der Waals surface area contributed by atoms with Crippen LogP contribution in [-0.2, 0) is 32.2 Å². The van der Waals surface area contributed by atoms with Crippen molar-refractivity contribution in [3.05, 3.63) is 65.5 Å². The van der Waals surface area contributed by atoms with E-state index in [-0.39, 0.29) is 18.2 Å². The Morgan fingerprint density at radius 3 is 2.59 bits per heavy atom. The second-order valence-corrected chi connectivity index (χ2v) is 8.41. The number of hydrogen-bond acceptors (Lipinski definition) is 5. The van der Waals surface area contributed by atoms with Gasteiger partial charge in [0, 0.05) is 55.6 Å². The van der Waals surface area contributed by atoms with Crippen LogP contribution >= 0.6 is 0 Å². The van der Waals surface area contributed by atoms with Gasteiger partial charge in [0.2, 0.25) is 0 Å². The molecule has 0 N–H and O–H groups in total. The van der Waals surface area contributed by atoms with Crippen LogP contribution in [0.3, 0.4) is 0 Å². The lowest BCUT2D eigenvalue weighted by molar-refractivity contribution is -0.275. The minimum Gasteiger partial charge on any atom is -0.445 e. The van der Waals surface area contributed by atoms with Gasteiger partial charge in [-0.15, -0.1) is 0 Å². The molecule has 4 heterocycles. The highest BCUT2D eigenvalue weighted by atomic mass is 16.7. The van der Waals surface area contributed by atoms with Gasteiger partial charge in [-0.05, 0) is 31.4 Å². The average molecular weight is 394 g/mol. The Bertz CT molecular complexity index is 904. The summed E-state index contributed by atoms with van der Waals surface area (Å²) in [6.07, 6.45) is 6.87. The zero-order valence-corrected chi connectivity index (χ0v) is 16.8. The van der Waals surface area contributed by atoms with Crippen molar-refractivity contribution in [3.63, 3.8) is 0 Å². The third-order valence-corrected chi connectivity index (χ3v) is 6.75. The van der Waals surface area contributed by atoms with Gasteiger partial charge in [-0.1, -0.05) is 30.3 Å². The predicted octanol–water partition coefficient (Wildman–Crippen LogP) is 4.09. The van der Waals surface area contributed by atoms with Crippen molar-refractivity contribution < 1.29 is 19.0 Å². The van der Waals surface area contributed by atoms with Crippen molar-refractivity contribution in [2.45, 2.75) is 62.7 Å². The Balaban J connectivity index is 1.36. The summed E-state index contributed by atoms with van der Waals surface area (Å²) in [6, 6.07) is 12.0. The van der Waals surface area contributed by atoms with Crippen molar-refractivity contribution in [1.82, 2.24) is 9.88 Å². The maximum atomic E-state index is 12.9. The molecule has 0 aliphatic carbocycles. The molecule has 6 nitrogen and oxygen atoms in total. The maximum absolute atomic E-state index is 12.9. The van der Waals surface area contributed by atoms with Gasteiger partial charge >= 0.3 is 6.09 Å². The second-order valence-electron chi connectivity index (χ2n) is 8.41. The van der Waals surface area contributed by atoms with Crippen LogP contribution in [0.4, 0.5) is 4.79 Å². The Hall–Kier alpha value is -2.44. The first kappa shape index (κ1) is 18.6. The van der Waals surface area contributed by atoms with Gasteiger partial charge < -0.3 is 19.1 Å². The zero-order valence-electron chi connectivity index (χ0n) is 16.8. The highest BCUT2D eigenvalue weighted by Gasteiger charge is 2.59. The van der Waals surface area contributed by atoms with Gasteiger partial charge in [0.1, 0.15) is 12.2 Å². The minimum atomic E-state index is -0.784. The van der Waals surface area contributed by atoms with Crippen LogP contribution in [0.1, 0.15) is 49.3 Å². The summed E-state index contributed by atoms with van der Waals surface area (Å²) in [6.45, 7) is 2.26. The molecule has 152 valence electrons. The first-order valence-electron chi connectivity index (χ1n) is 10.2. The molecule has 0 saturated carbocycles. The quantitative estimate of drug-likeness (QED) is 0.785. The lowest BCUT2D eigenvalue weighted by Crippen LogP contribution is -2.52. The van der Waals surface area contributed by atoms with Crippen molar-refractivity contribution in [3.8, 4) is 0 Å². The number of fused-ring (bicyclic) bond motifs is 4. The Kier molecular flexibility index (Phi) is 4.37. The van der Waals surface area contributed by atoms with Gasteiger partial charge in [0.25, 0.3) is 0 Å². The van der Waals surface area contributed by atoms with Crippen LogP contribution in [0.2, 0.25) is 0 Å². The molecule has 2 aromatic rings. The lowest BCUT2D eigenvalue weighted by Gasteiger charge is -2.44. The van der Waals surface area contributed by atoms with Gasteiger partial charge in [-0.3, -0.25) is 4.98 Å². The number of methoxy groups -OCH3 is 1. The van der Waals surface area contributed by atoms with E-state index >= 15 is 0 Å². The van der Waals surface area contributed by atoms with Gasteiger partial charge in [-0.2, -0.15) is 0 Å². The number of hydrogen-bond donors (Lipinski definition) is 0. The number of benzene rings is 1. The fourth-order valence-corrected chi connectivity index (χ4v) is 5.39. The molecule has 1 spiro atoms. The fourth-order valence-electron chi connectivity index (χ4n) is 5.39. The summed E-state index contributed by atoms with van der Waals surface area (Å²) < 4.78 is 18.0. The van der Waals surface area contributed by atoms with Crippen LogP contribution in [0.15, 0.2) is 48.8 Å². The van der Waals surface area contributed by atoms with Crippen molar-refractivity contribution in [2.24, 2.45) is 0 Å². The minimum absolute atomic E-state index is 0.101. The molecule has 5 rings (SSSR count). The normalized spacial score (nSPS) is 32.4. The number of carbonyl (C=O) groups is 1. The summed E-state index contributed by atoms with van der Waals surface area (Å²) in [5, 5.41) is 0. The Labute approximate surface area is 170 Å². The SMILES string of the molecule is COC1(C)OC2(CC3CCC(C2)N3C(=O)OCc2ccccc2)c2cnccc21. The van der Waals surface area contributed by atoms with Crippen LogP contribution in [0, 0.1) is 0 Å². The molecule has 2 fully saturated rings. The molecule has 1 amide bonds. The number of nitrogens with zero attached hydrogens (tertiary/aromatic N) is 2. The van der Waals surface area contributed by atoms with Gasteiger partial charge in [0.15, 0.2) is 5.79 Å². The number of rotatable bonds is 3. The van der Waals surface area contributed by atoms with E-state index in [1.807, 2.05) is 54.4 Å². The zero-order chi connectivity index (χ0) is 20.1. The number of piperidine rings is 1. The molecule has 2 saturated heterocycles. The number of pyridine rings is 1. The summed E-state index contributed by atoms with van der Waals surface area (Å²) in [5.41, 5.74) is 2.67. The van der Waals surface area contributed by atoms with Crippen LogP contribution in [0.25, 0.3) is 0 Å². The average Bonchev–Trinajstić information content (AvgIpc) is 3.17. The fraction of sp³-hybridized carbons (Fsp3) is 0.478. The van der Waals surface area contributed by atoms with Crippen LogP contribution < -0.4 is 0 Å². The van der Waals surface area contributed by atoms with E-state index in [2.05, 4.69) is 4.98 Å². The largest absolute Gasteiger partial charge is 0.445 e. The van der Waals surface area contributed by atoms with Gasteiger partial charge in [-0.25, -0.2) is 4.79 Å².